The molecule has 0 amide bonds. The Labute approximate surface area is 155 Å². The van der Waals surface area contributed by atoms with E-state index in [1.165, 1.54) is 24.3 Å². The minimum absolute atomic E-state index is 0.0732. The lowest BCUT2D eigenvalue weighted by Crippen LogP contribution is -2.61. The smallest absolute Gasteiger partial charge is 0.197 e. The van der Waals surface area contributed by atoms with Gasteiger partial charge in [-0.2, -0.15) is 0 Å². The molecule has 1 aliphatic rings. The molecular weight excluding hydrogens is 342 g/mol. The molecule has 2 rings (SSSR count). The van der Waals surface area contributed by atoms with Crippen LogP contribution in [0, 0.1) is 0 Å². The fraction of sp³-hybridized carbons (Fsp3) is 0.667. The molecule has 5 atom stereocenters. The molecule has 0 bridgehead atoms. The third kappa shape index (κ3) is 7.06. The van der Waals surface area contributed by atoms with Crippen molar-refractivity contribution in [2.75, 3.05) is 19.8 Å². The highest BCUT2D eigenvalue weighted by molar-refractivity contribution is 5.30. The molecule has 0 saturated carbocycles. The lowest BCUT2D eigenvalue weighted by Gasteiger charge is -2.41. The second-order valence-electron chi connectivity index (χ2n) is 4.94. The van der Waals surface area contributed by atoms with Crippen LogP contribution in [0.5, 0.6) is 11.5 Å². The van der Waals surface area contributed by atoms with E-state index in [9.17, 15) is 20.4 Å². The Hall–Kier alpha value is -1.42. The molecule has 1 fully saturated rings. The van der Waals surface area contributed by atoms with Crippen molar-refractivity contribution in [3.8, 4) is 11.5 Å². The third-order valence-electron chi connectivity index (χ3n) is 3.33. The van der Waals surface area contributed by atoms with Crippen LogP contribution < -0.4 is 10.5 Å². The predicted molar refractivity (Wildman–Crippen MR) is 98.0 cm³/mol. The molecule has 1 aromatic rings. The number of ether oxygens (including phenoxy) is 3. The molecule has 0 radical (unpaired) electrons. The quantitative estimate of drug-likeness (QED) is 0.488. The lowest BCUT2D eigenvalue weighted by atomic mass is 9.99. The van der Waals surface area contributed by atoms with Crippen molar-refractivity contribution in [1.82, 2.24) is 0 Å². The number of aliphatic hydroxyl groups is 3. The van der Waals surface area contributed by atoms with E-state index in [1.54, 1.807) is 0 Å². The number of phenolic OH excluding ortho intramolecular Hbond substituents is 1. The molecule has 6 N–H and O–H groups in total. The molecule has 0 aliphatic carbocycles. The summed E-state index contributed by atoms with van der Waals surface area (Å²) >= 11 is 0. The van der Waals surface area contributed by atoms with E-state index in [1.807, 2.05) is 27.7 Å². The molecule has 8 heteroatoms. The molecule has 26 heavy (non-hydrogen) atoms. The SMILES string of the molecule is CC.CC.NCCOC1OC(CO)C(O)C(O)C1Oc1ccc(O)cc1. The maximum atomic E-state index is 10.2. The number of hydrogen-bond donors (Lipinski definition) is 5. The van der Waals surface area contributed by atoms with Gasteiger partial charge in [-0.3, -0.25) is 0 Å². The molecular formula is C18H33NO7. The van der Waals surface area contributed by atoms with Crippen molar-refractivity contribution >= 4 is 0 Å². The van der Waals surface area contributed by atoms with E-state index in [2.05, 4.69) is 0 Å². The van der Waals surface area contributed by atoms with Gasteiger partial charge in [-0.1, -0.05) is 27.7 Å². The van der Waals surface area contributed by atoms with Crippen LogP contribution in [-0.2, 0) is 9.47 Å². The van der Waals surface area contributed by atoms with Crippen molar-refractivity contribution in [2.45, 2.75) is 58.4 Å². The number of rotatable bonds is 6. The summed E-state index contributed by atoms with van der Waals surface area (Å²) < 4.78 is 16.4. The summed E-state index contributed by atoms with van der Waals surface area (Å²) in [5.41, 5.74) is 5.38. The molecule has 5 unspecified atom stereocenters. The lowest BCUT2D eigenvalue weighted by molar-refractivity contribution is -0.294. The van der Waals surface area contributed by atoms with E-state index >= 15 is 0 Å². The van der Waals surface area contributed by atoms with Gasteiger partial charge < -0.3 is 40.4 Å². The van der Waals surface area contributed by atoms with E-state index in [-0.39, 0.29) is 18.9 Å². The Kier molecular flexibility index (Phi) is 13.0. The highest BCUT2D eigenvalue weighted by Crippen LogP contribution is 2.27. The van der Waals surface area contributed by atoms with Gasteiger partial charge in [0.2, 0.25) is 0 Å². The van der Waals surface area contributed by atoms with Gasteiger partial charge in [-0.25, -0.2) is 0 Å². The van der Waals surface area contributed by atoms with Gasteiger partial charge in [-0.15, -0.1) is 0 Å². The Morgan fingerprint density at radius 2 is 1.62 bits per heavy atom. The van der Waals surface area contributed by atoms with Gasteiger partial charge in [-0.05, 0) is 24.3 Å². The topological polar surface area (TPSA) is 135 Å². The van der Waals surface area contributed by atoms with Crippen molar-refractivity contribution in [3.63, 3.8) is 0 Å². The molecule has 1 heterocycles. The normalized spacial score (nSPS) is 27.5. The fourth-order valence-corrected chi connectivity index (χ4v) is 2.18. The monoisotopic (exact) mass is 375 g/mol. The predicted octanol–water partition coefficient (Wildman–Crippen LogP) is 0.606. The van der Waals surface area contributed by atoms with Crippen LogP contribution in [0.25, 0.3) is 0 Å². The van der Waals surface area contributed by atoms with Crippen LogP contribution in [0.4, 0.5) is 0 Å². The number of aliphatic hydroxyl groups excluding tert-OH is 3. The van der Waals surface area contributed by atoms with Crippen LogP contribution in [0.3, 0.4) is 0 Å². The van der Waals surface area contributed by atoms with Gasteiger partial charge in [0.25, 0.3) is 0 Å². The Bertz CT molecular complexity index is 457. The highest BCUT2D eigenvalue weighted by Gasteiger charge is 2.46. The van der Waals surface area contributed by atoms with Crippen molar-refractivity contribution in [1.29, 1.82) is 0 Å². The molecule has 1 aromatic carbocycles. The molecule has 1 saturated heterocycles. The van der Waals surface area contributed by atoms with E-state index in [4.69, 9.17) is 19.9 Å². The first-order chi connectivity index (χ1) is 12.6. The van der Waals surface area contributed by atoms with Crippen molar-refractivity contribution in [2.24, 2.45) is 5.73 Å². The number of aromatic hydroxyl groups is 1. The summed E-state index contributed by atoms with van der Waals surface area (Å²) in [4.78, 5) is 0. The van der Waals surface area contributed by atoms with Gasteiger partial charge >= 0.3 is 0 Å². The third-order valence-corrected chi connectivity index (χ3v) is 3.33. The average Bonchev–Trinajstić information content (AvgIpc) is 2.69. The Morgan fingerprint density at radius 3 is 2.12 bits per heavy atom. The number of hydrogen-bond acceptors (Lipinski definition) is 8. The van der Waals surface area contributed by atoms with Crippen LogP contribution in [0.1, 0.15) is 27.7 Å². The van der Waals surface area contributed by atoms with Crippen molar-refractivity contribution < 1.29 is 34.6 Å². The summed E-state index contributed by atoms with van der Waals surface area (Å²) in [6, 6.07) is 5.86. The summed E-state index contributed by atoms with van der Waals surface area (Å²) in [5, 5.41) is 38.6. The summed E-state index contributed by atoms with van der Waals surface area (Å²) in [6.45, 7) is 7.95. The second-order valence-corrected chi connectivity index (χ2v) is 4.94. The largest absolute Gasteiger partial charge is 0.508 e. The number of phenols is 1. The standard InChI is InChI=1S/C14H21NO7.2C2H6/c15-5-6-20-14-13(12(19)11(18)10(7-16)22-14)21-9-3-1-8(17)2-4-9;2*1-2/h1-4,10-14,16-19H,5-7,15H2;2*1-2H3. The molecule has 1 aliphatic heterocycles. The van der Waals surface area contributed by atoms with Crippen LogP contribution in [0.2, 0.25) is 0 Å². The minimum Gasteiger partial charge on any atom is -0.508 e. The summed E-state index contributed by atoms with van der Waals surface area (Å²) in [7, 11) is 0. The maximum Gasteiger partial charge on any atom is 0.197 e. The first-order valence-corrected chi connectivity index (χ1v) is 8.96. The van der Waals surface area contributed by atoms with Crippen LogP contribution in [0.15, 0.2) is 24.3 Å². The second kappa shape index (κ2) is 13.7. The van der Waals surface area contributed by atoms with Gasteiger partial charge in [0.15, 0.2) is 12.4 Å². The molecule has 8 nitrogen and oxygen atoms in total. The van der Waals surface area contributed by atoms with E-state index < -0.39 is 37.3 Å². The molecule has 152 valence electrons. The highest BCUT2D eigenvalue weighted by atomic mass is 16.7. The summed E-state index contributed by atoms with van der Waals surface area (Å²) in [6.07, 6.45) is -5.61. The molecule has 0 aromatic heterocycles. The first kappa shape index (κ1) is 24.6. The van der Waals surface area contributed by atoms with Gasteiger partial charge in [0.05, 0.1) is 13.2 Å². The van der Waals surface area contributed by atoms with E-state index in [0.717, 1.165) is 0 Å². The van der Waals surface area contributed by atoms with Gasteiger partial charge in [0, 0.05) is 6.54 Å². The average molecular weight is 375 g/mol. The van der Waals surface area contributed by atoms with E-state index in [0.29, 0.717) is 5.75 Å². The Morgan fingerprint density at radius 1 is 1.04 bits per heavy atom. The summed E-state index contributed by atoms with van der Waals surface area (Å²) in [5.74, 6) is 0.436. The zero-order valence-corrected chi connectivity index (χ0v) is 15.9. The molecule has 0 spiro atoms. The fourth-order valence-electron chi connectivity index (χ4n) is 2.18. The van der Waals surface area contributed by atoms with Crippen LogP contribution in [-0.4, -0.2) is 70.9 Å². The van der Waals surface area contributed by atoms with Crippen molar-refractivity contribution in [3.05, 3.63) is 24.3 Å². The number of nitrogens with two attached hydrogens (primary N) is 1. The van der Waals surface area contributed by atoms with Crippen LogP contribution >= 0.6 is 0 Å². The maximum absolute atomic E-state index is 10.2. The Balaban J connectivity index is 0.00000146. The first-order valence-electron chi connectivity index (χ1n) is 8.96. The zero-order chi connectivity index (χ0) is 20.1. The number of benzene rings is 1. The van der Waals surface area contributed by atoms with Gasteiger partial charge in [0.1, 0.15) is 29.8 Å². The zero-order valence-electron chi connectivity index (χ0n) is 15.9. The minimum atomic E-state index is -1.32.